The van der Waals surface area contributed by atoms with Crippen molar-refractivity contribution in [2.45, 2.75) is 28.2 Å². The maximum atomic E-state index is 12.8. The van der Waals surface area contributed by atoms with Gasteiger partial charge < -0.3 is 15.3 Å². The topological polar surface area (TPSA) is 99.6 Å². The number of hydrogen-bond acceptors (Lipinski definition) is 7. The van der Waals surface area contributed by atoms with E-state index in [-0.39, 0.29) is 18.2 Å². The van der Waals surface area contributed by atoms with Crippen LogP contribution in [-0.2, 0) is 20.8 Å². The molecular weight excluding hydrogens is 466 g/mol. The molecule has 2 aliphatic heterocycles. The first kappa shape index (κ1) is 21.0. The first-order chi connectivity index (χ1) is 15.5. The molecule has 0 aliphatic carbocycles. The van der Waals surface area contributed by atoms with Crippen LogP contribution in [0.1, 0.15) is 5.56 Å². The Hall–Kier alpha value is -2.82. The summed E-state index contributed by atoms with van der Waals surface area (Å²) in [6.45, 7) is 0. The van der Waals surface area contributed by atoms with Crippen LogP contribution in [0.15, 0.2) is 69.3 Å². The number of benzene rings is 2. The van der Waals surface area contributed by atoms with Gasteiger partial charge in [-0.25, -0.2) is 9.78 Å². The van der Waals surface area contributed by atoms with E-state index in [4.69, 9.17) is 0 Å². The molecule has 0 spiro atoms. The molecule has 1 saturated heterocycles. The second-order valence-electron chi connectivity index (χ2n) is 7.29. The summed E-state index contributed by atoms with van der Waals surface area (Å²) in [6, 6.07) is 15.1. The molecule has 1 aromatic heterocycles. The third kappa shape index (κ3) is 3.89. The molecule has 3 aromatic rings. The molecule has 0 saturated carbocycles. The van der Waals surface area contributed by atoms with Crippen molar-refractivity contribution < 1.29 is 19.5 Å². The summed E-state index contributed by atoms with van der Waals surface area (Å²) in [4.78, 5) is 43.7. The largest absolute Gasteiger partial charge is 0.479 e. The Kier molecular flexibility index (Phi) is 5.66. The minimum Gasteiger partial charge on any atom is -0.479 e. The highest BCUT2D eigenvalue weighted by molar-refractivity contribution is 8.07. The van der Waals surface area contributed by atoms with E-state index in [0.717, 1.165) is 20.1 Å². The van der Waals surface area contributed by atoms with Crippen LogP contribution in [0.3, 0.4) is 0 Å². The average Bonchev–Trinajstić information content (AvgIpc) is 3.20. The number of carboxylic acid groups (broad SMARTS) is 1. The lowest BCUT2D eigenvalue weighted by Crippen LogP contribution is -2.73. The first-order valence-corrected chi connectivity index (χ1v) is 12.4. The van der Waals surface area contributed by atoms with E-state index in [2.05, 4.69) is 10.3 Å². The number of carbonyl (C=O) groups excluding carboxylic acids is 2. The predicted octanol–water partition coefficient (Wildman–Crippen LogP) is 3.33. The van der Waals surface area contributed by atoms with Gasteiger partial charge in [-0.2, -0.15) is 0 Å². The molecule has 10 heteroatoms. The number of carboxylic acids is 1. The minimum absolute atomic E-state index is 0.166. The fourth-order valence-electron chi connectivity index (χ4n) is 3.70. The van der Waals surface area contributed by atoms with Gasteiger partial charge in [-0.05, 0) is 23.1 Å². The highest BCUT2D eigenvalue weighted by Gasteiger charge is 2.56. The fraction of sp³-hybridized carbons (Fsp3) is 0.182. The quantitative estimate of drug-likeness (QED) is 0.519. The van der Waals surface area contributed by atoms with Gasteiger partial charge in [-0.15, -0.1) is 23.1 Å². The van der Waals surface area contributed by atoms with E-state index in [9.17, 15) is 19.5 Å². The Bertz CT molecular complexity index is 1210. The second kappa shape index (κ2) is 8.61. The summed E-state index contributed by atoms with van der Waals surface area (Å²) < 4.78 is 1.74. The molecule has 3 heterocycles. The lowest BCUT2D eigenvalue weighted by molar-refractivity contribution is -0.159. The SMILES string of the molecule is O=C(Cc1ccccc1)NC1C(=O)N2C(C(=O)O)C(Sc3nc4ccccc4s3)=CS[C@@H]12. The Morgan fingerprint density at radius 3 is 2.62 bits per heavy atom. The van der Waals surface area contributed by atoms with E-state index in [1.54, 1.807) is 5.41 Å². The van der Waals surface area contributed by atoms with Crippen molar-refractivity contribution in [1.29, 1.82) is 0 Å². The zero-order valence-corrected chi connectivity index (χ0v) is 19.0. The molecule has 0 radical (unpaired) electrons. The Morgan fingerprint density at radius 1 is 1.12 bits per heavy atom. The second-order valence-corrected chi connectivity index (χ2v) is 10.6. The van der Waals surface area contributed by atoms with Crippen molar-refractivity contribution in [3.63, 3.8) is 0 Å². The van der Waals surface area contributed by atoms with Gasteiger partial charge in [0.2, 0.25) is 11.8 Å². The number of thioether (sulfide) groups is 2. The average molecular weight is 484 g/mol. The van der Waals surface area contributed by atoms with Crippen molar-refractivity contribution in [3.05, 3.63) is 70.5 Å². The van der Waals surface area contributed by atoms with Gasteiger partial charge in [-0.1, -0.05) is 54.2 Å². The molecular formula is C22H17N3O4S3. The molecule has 2 N–H and O–H groups in total. The van der Waals surface area contributed by atoms with Gasteiger partial charge in [0.1, 0.15) is 11.4 Å². The zero-order chi connectivity index (χ0) is 22.2. The lowest BCUT2D eigenvalue weighted by Gasteiger charge is -2.51. The van der Waals surface area contributed by atoms with E-state index in [1.807, 2.05) is 54.6 Å². The van der Waals surface area contributed by atoms with Gasteiger partial charge >= 0.3 is 5.97 Å². The van der Waals surface area contributed by atoms with E-state index in [1.165, 1.54) is 39.8 Å². The number of aromatic nitrogens is 1. The normalized spacial score (nSPS) is 22.1. The number of carbonyl (C=O) groups is 3. The number of nitrogens with zero attached hydrogens (tertiary/aromatic N) is 2. The monoisotopic (exact) mass is 483 g/mol. The van der Waals surface area contributed by atoms with Crippen molar-refractivity contribution in [2.75, 3.05) is 0 Å². The Morgan fingerprint density at radius 2 is 1.88 bits per heavy atom. The summed E-state index contributed by atoms with van der Waals surface area (Å²) in [5, 5.41) is 14.0. The van der Waals surface area contributed by atoms with E-state index in [0.29, 0.717) is 4.91 Å². The van der Waals surface area contributed by atoms with Gasteiger partial charge in [0.15, 0.2) is 10.4 Å². The number of fused-ring (bicyclic) bond motifs is 2. The van der Waals surface area contributed by atoms with Gasteiger partial charge in [-0.3, -0.25) is 9.59 Å². The summed E-state index contributed by atoms with van der Waals surface area (Å²) in [5.41, 5.74) is 1.71. The highest BCUT2D eigenvalue weighted by Crippen LogP contribution is 2.46. The number of amides is 2. The predicted molar refractivity (Wildman–Crippen MR) is 125 cm³/mol. The number of β-lactam (4-membered cyclic amide) rings is 1. The molecule has 1 fully saturated rings. The number of nitrogens with one attached hydrogen (secondary N) is 1. The lowest BCUT2D eigenvalue weighted by atomic mass is 10.0. The summed E-state index contributed by atoms with van der Waals surface area (Å²) >= 11 is 4.10. The molecule has 2 unspecified atom stereocenters. The number of rotatable bonds is 6. The maximum absolute atomic E-state index is 12.8. The van der Waals surface area contributed by atoms with Crippen molar-refractivity contribution in [1.82, 2.24) is 15.2 Å². The van der Waals surface area contributed by atoms with Crippen LogP contribution in [-0.4, -0.2) is 50.2 Å². The van der Waals surface area contributed by atoms with Crippen LogP contribution in [0.2, 0.25) is 0 Å². The molecule has 5 rings (SSSR count). The van der Waals surface area contributed by atoms with E-state index < -0.39 is 23.4 Å². The third-order valence-corrected chi connectivity index (χ3v) is 8.68. The van der Waals surface area contributed by atoms with Crippen LogP contribution in [0.4, 0.5) is 0 Å². The van der Waals surface area contributed by atoms with Crippen LogP contribution >= 0.6 is 34.9 Å². The first-order valence-electron chi connectivity index (χ1n) is 9.78. The van der Waals surface area contributed by atoms with Crippen LogP contribution in [0.5, 0.6) is 0 Å². The molecule has 0 bridgehead atoms. The molecule has 2 aliphatic rings. The highest BCUT2D eigenvalue weighted by atomic mass is 32.2. The molecule has 162 valence electrons. The van der Waals surface area contributed by atoms with Crippen LogP contribution in [0.25, 0.3) is 10.2 Å². The van der Waals surface area contributed by atoms with Crippen LogP contribution < -0.4 is 5.32 Å². The number of thiazole rings is 1. The molecule has 2 aromatic carbocycles. The van der Waals surface area contributed by atoms with E-state index >= 15 is 0 Å². The van der Waals surface area contributed by atoms with Gasteiger partial charge in [0.25, 0.3) is 0 Å². The minimum atomic E-state index is -1.10. The molecule has 7 nitrogen and oxygen atoms in total. The Balaban J connectivity index is 1.31. The molecule has 32 heavy (non-hydrogen) atoms. The number of para-hydroxylation sites is 1. The van der Waals surface area contributed by atoms with Crippen molar-refractivity contribution in [3.8, 4) is 0 Å². The third-order valence-electron chi connectivity index (χ3n) is 5.19. The summed E-state index contributed by atoms with van der Waals surface area (Å²) in [7, 11) is 0. The maximum Gasteiger partial charge on any atom is 0.331 e. The molecule has 2 amide bonds. The summed E-state index contributed by atoms with van der Waals surface area (Å²) in [5.74, 6) is -1.75. The molecule has 3 atom stereocenters. The van der Waals surface area contributed by atoms with Crippen molar-refractivity contribution >= 4 is 62.9 Å². The number of hydrogen-bond donors (Lipinski definition) is 2. The standard InChI is InChI=1S/C22H17N3O4S3/c26-16(10-12-6-2-1-3-7-12)24-17-19(27)25-18(21(28)29)15(11-30-20(17)25)32-22-23-13-8-4-5-9-14(13)31-22/h1-9,11,17-18,20H,10H2,(H,24,26)(H,28,29)/t17?,18?,20-/m0/s1. The van der Waals surface area contributed by atoms with Gasteiger partial charge in [0, 0.05) is 4.91 Å². The number of aliphatic carboxylic acids is 1. The zero-order valence-electron chi connectivity index (χ0n) is 16.5. The Labute approximate surface area is 195 Å². The van der Waals surface area contributed by atoms with Crippen molar-refractivity contribution in [2.24, 2.45) is 0 Å². The smallest absolute Gasteiger partial charge is 0.331 e. The van der Waals surface area contributed by atoms with Crippen LogP contribution in [0, 0.1) is 0 Å². The summed E-state index contributed by atoms with van der Waals surface area (Å²) in [6.07, 6.45) is 0.166. The van der Waals surface area contributed by atoms with Gasteiger partial charge in [0.05, 0.1) is 16.6 Å². The fourth-order valence-corrected chi connectivity index (χ4v) is 7.25.